The van der Waals surface area contributed by atoms with Gasteiger partial charge in [0, 0.05) is 18.1 Å². The van der Waals surface area contributed by atoms with E-state index in [2.05, 4.69) is 10.6 Å². The molecule has 6 heteroatoms. The number of halogens is 1. The molecule has 5 nitrogen and oxygen atoms in total. The number of hydrogen-bond acceptors (Lipinski definition) is 3. The van der Waals surface area contributed by atoms with Crippen LogP contribution in [0, 0.1) is 0 Å². The average molecular weight is 377 g/mol. The quantitative estimate of drug-likeness (QED) is 0.699. The van der Waals surface area contributed by atoms with E-state index in [9.17, 15) is 4.79 Å². The van der Waals surface area contributed by atoms with Crippen LogP contribution in [0.2, 0.25) is 5.02 Å². The third kappa shape index (κ3) is 6.15. The highest BCUT2D eigenvalue weighted by Crippen LogP contribution is 2.28. The number of carbonyl (C=O) groups excluding carboxylic acids is 1. The number of urea groups is 1. The van der Waals surface area contributed by atoms with Crippen LogP contribution in [0.3, 0.4) is 0 Å². The van der Waals surface area contributed by atoms with Gasteiger partial charge in [-0.2, -0.15) is 0 Å². The fourth-order valence-corrected chi connectivity index (χ4v) is 2.77. The lowest BCUT2D eigenvalue weighted by molar-refractivity contribution is 0.241. The van der Waals surface area contributed by atoms with Gasteiger partial charge >= 0.3 is 6.03 Å². The molecule has 0 aliphatic carbocycles. The molecule has 2 amide bonds. The molecule has 0 spiro atoms. The van der Waals surface area contributed by atoms with Gasteiger partial charge in [-0.1, -0.05) is 35.9 Å². The van der Waals surface area contributed by atoms with Crippen LogP contribution in [0.4, 0.5) is 4.79 Å². The maximum Gasteiger partial charge on any atom is 0.314 e. The first kappa shape index (κ1) is 19.9. The zero-order chi connectivity index (χ0) is 18.8. The second-order valence-corrected chi connectivity index (χ2v) is 6.10. The zero-order valence-electron chi connectivity index (χ0n) is 15.2. The minimum atomic E-state index is -0.185. The van der Waals surface area contributed by atoms with Crippen LogP contribution in [0.1, 0.15) is 18.1 Å². The highest BCUT2D eigenvalue weighted by molar-refractivity contribution is 6.31. The molecule has 0 unspecified atom stereocenters. The van der Waals surface area contributed by atoms with Crippen molar-refractivity contribution in [1.82, 2.24) is 10.6 Å². The third-order valence-corrected chi connectivity index (χ3v) is 4.23. The lowest BCUT2D eigenvalue weighted by Gasteiger charge is -2.12. The summed E-state index contributed by atoms with van der Waals surface area (Å²) in [5.74, 6) is 1.43. The largest absolute Gasteiger partial charge is 0.493 e. The number of nitrogens with one attached hydrogen (secondary N) is 2. The highest BCUT2D eigenvalue weighted by Gasteiger charge is 2.06. The molecule has 0 saturated heterocycles. The first-order valence-electron chi connectivity index (χ1n) is 8.68. The number of amides is 2. The van der Waals surface area contributed by atoms with Gasteiger partial charge in [0.25, 0.3) is 0 Å². The molecule has 2 N–H and O–H groups in total. The van der Waals surface area contributed by atoms with E-state index in [0.717, 1.165) is 21.9 Å². The lowest BCUT2D eigenvalue weighted by atomic mass is 10.1. The van der Waals surface area contributed by atoms with E-state index >= 15 is 0 Å². The van der Waals surface area contributed by atoms with Crippen molar-refractivity contribution >= 4 is 17.6 Å². The normalized spacial score (nSPS) is 10.3. The SMILES string of the molecule is CCOc1ccc(CCNC(=O)NCCc2ccccc2Cl)cc1OC. The van der Waals surface area contributed by atoms with Crippen LogP contribution >= 0.6 is 11.6 Å². The number of hydrogen-bond donors (Lipinski definition) is 2. The van der Waals surface area contributed by atoms with E-state index in [4.69, 9.17) is 21.1 Å². The van der Waals surface area contributed by atoms with Crippen LogP contribution in [0.15, 0.2) is 42.5 Å². The predicted octanol–water partition coefficient (Wildman–Crippen LogP) is 3.83. The summed E-state index contributed by atoms with van der Waals surface area (Å²) in [6.07, 6.45) is 1.41. The summed E-state index contributed by atoms with van der Waals surface area (Å²) in [4.78, 5) is 11.9. The van der Waals surface area contributed by atoms with E-state index in [1.807, 2.05) is 49.4 Å². The lowest BCUT2D eigenvalue weighted by Crippen LogP contribution is -2.37. The van der Waals surface area contributed by atoms with Gasteiger partial charge in [0.05, 0.1) is 13.7 Å². The summed E-state index contributed by atoms with van der Waals surface area (Å²) in [5, 5.41) is 6.42. The van der Waals surface area contributed by atoms with Crippen LogP contribution in [-0.4, -0.2) is 32.8 Å². The minimum absolute atomic E-state index is 0.185. The van der Waals surface area contributed by atoms with Crippen LogP contribution in [0.5, 0.6) is 11.5 Å². The summed E-state index contributed by atoms with van der Waals surface area (Å²) in [7, 11) is 1.62. The number of benzene rings is 2. The van der Waals surface area contributed by atoms with E-state index in [1.54, 1.807) is 7.11 Å². The molecule has 2 aromatic carbocycles. The van der Waals surface area contributed by atoms with Gasteiger partial charge in [-0.05, 0) is 49.1 Å². The summed E-state index contributed by atoms with van der Waals surface area (Å²) in [6, 6.07) is 13.3. The van der Waals surface area contributed by atoms with Crippen LogP contribution in [0.25, 0.3) is 0 Å². The van der Waals surface area contributed by atoms with E-state index in [1.165, 1.54) is 0 Å². The van der Waals surface area contributed by atoms with Gasteiger partial charge < -0.3 is 20.1 Å². The molecule has 26 heavy (non-hydrogen) atoms. The molecule has 0 atom stereocenters. The van der Waals surface area contributed by atoms with Crippen molar-refractivity contribution in [2.24, 2.45) is 0 Å². The molecule has 0 radical (unpaired) electrons. The van der Waals surface area contributed by atoms with Gasteiger partial charge in [0.15, 0.2) is 11.5 Å². The summed E-state index contributed by atoms with van der Waals surface area (Å²) >= 11 is 6.10. The molecule has 0 fully saturated rings. The summed E-state index contributed by atoms with van der Waals surface area (Å²) < 4.78 is 10.8. The van der Waals surface area contributed by atoms with Crippen LogP contribution in [-0.2, 0) is 12.8 Å². The van der Waals surface area contributed by atoms with Gasteiger partial charge in [0.1, 0.15) is 0 Å². The van der Waals surface area contributed by atoms with Crippen molar-refractivity contribution in [2.75, 3.05) is 26.8 Å². The molecule has 140 valence electrons. The van der Waals surface area contributed by atoms with E-state index < -0.39 is 0 Å². The Labute approximate surface area is 159 Å². The van der Waals surface area contributed by atoms with Crippen molar-refractivity contribution in [3.63, 3.8) is 0 Å². The second-order valence-electron chi connectivity index (χ2n) is 5.69. The molecule has 0 bridgehead atoms. The smallest absolute Gasteiger partial charge is 0.314 e. The maximum absolute atomic E-state index is 11.9. The van der Waals surface area contributed by atoms with Gasteiger partial charge in [-0.25, -0.2) is 4.79 Å². The fraction of sp³-hybridized carbons (Fsp3) is 0.350. The molecule has 2 aromatic rings. The Morgan fingerprint density at radius 3 is 2.46 bits per heavy atom. The van der Waals surface area contributed by atoms with Crippen LogP contribution < -0.4 is 20.1 Å². The Morgan fingerprint density at radius 1 is 1.04 bits per heavy atom. The van der Waals surface area contributed by atoms with Crippen molar-refractivity contribution in [3.8, 4) is 11.5 Å². The average Bonchev–Trinajstić information content (AvgIpc) is 2.64. The van der Waals surface area contributed by atoms with E-state index in [-0.39, 0.29) is 6.03 Å². The van der Waals surface area contributed by atoms with Crippen molar-refractivity contribution < 1.29 is 14.3 Å². The van der Waals surface area contributed by atoms with Crippen molar-refractivity contribution in [2.45, 2.75) is 19.8 Å². The Bertz CT molecular complexity index is 722. The summed E-state index contributed by atoms with van der Waals surface area (Å²) in [5.41, 5.74) is 2.10. The molecule has 0 heterocycles. The Kier molecular flexibility index (Phi) is 8.09. The zero-order valence-corrected chi connectivity index (χ0v) is 15.9. The number of rotatable bonds is 9. The standard InChI is InChI=1S/C20H25ClN2O3/c1-3-26-18-9-8-15(14-19(18)25-2)10-12-22-20(24)23-13-11-16-6-4-5-7-17(16)21/h4-9,14H,3,10-13H2,1-2H3,(H2,22,23,24). The summed E-state index contributed by atoms with van der Waals surface area (Å²) in [6.45, 7) is 3.59. The number of carbonyl (C=O) groups is 1. The highest BCUT2D eigenvalue weighted by atomic mass is 35.5. The third-order valence-electron chi connectivity index (χ3n) is 3.86. The monoisotopic (exact) mass is 376 g/mol. The number of methoxy groups -OCH3 is 1. The maximum atomic E-state index is 11.9. The molecule has 2 rings (SSSR count). The first-order valence-corrected chi connectivity index (χ1v) is 9.06. The molecule has 0 aromatic heterocycles. The van der Waals surface area contributed by atoms with Crippen molar-refractivity contribution in [3.05, 3.63) is 58.6 Å². The molecule has 0 saturated carbocycles. The second kappa shape index (κ2) is 10.6. The van der Waals surface area contributed by atoms with Crippen molar-refractivity contribution in [1.29, 1.82) is 0 Å². The van der Waals surface area contributed by atoms with E-state index in [0.29, 0.717) is 38.3 Å². The Morgan fingerprint density at radius 2 is 1.77 bits per heavy atom. The Hall–Kier alpha value is -2.40. The van der Waals surface area contributed by atoms with Gasteiger partial charge in [-0.15, -0.1) is 0 Å². The molecular weight excluding hydrogens is 352 g/mol. The topological polar surface area (TPSA) is 59.6 Å². The first-order chi connectivity index (χ1) is 12.6. The molecular formula is C20H25ClN2O3. The molecule has 0 aliphatic heterocycles. The minimum Gasteiger partial charge on any atom is -0.493 e. The van der Waals surface area contributed by atoms with Gasteiger partial charge in [0.2, 0.25) is 0 Å². The Balaban J connectivity index is 1.72. The number of ether oxygens (including phenoxy) is 2. The fourth-order valence-electron chi connectivity index (χ4n) is 2.54. The van der Waals surface area contributed by atoms with Gasteiger partial charge in [-0.3, -0.25) is 0 Å². The molecule has 0 aliphatic rings. The predicted molar refractivity (Wildman–Crippen MR) is 104 cm³/mol.